The highest BCUT2D eigenvalue weighted by atomic mass is 16.5. The van der Waals surface area contributed by atoms with Crippen molar-refractivity contribution in [2.75, 3.05) is 26.2 Å². The average Bonchev–Trinajstić information content (AvgIpc) is 3.14. The van der Waals surface area contributed by atoms with Crippen molar-refractivity contribution in [3.8, 4) is 11.5 Å². The van der Waals surface area contributed by atoms with E-state index in [-0.39, 0.29) is 5.91 Å². The number of nitrogens with zero attached hydrogens (tertiary/aromatic N) is 2. The van der Waals surface area contributed by atoms with Gasteiger partial charge in [-0.3, -0.25) is 15.0 Å². The number of carbonyl (C=O) groups is 2. The van der Waals surface area contributed by atoms with Crippen LogP contribution in [0.1, 0.15) is 41.8 Å². The van der Waals surface area contributed by atoms with Crippen LogP contribution < -0.4 is 10.1 Å². The van der Waals surface area contributed by atoms with Gasteiger partial charge in [0.2, 0.25) is 5.91 Å². The summed E-state index contributed by atoms with van der Waals surface area (Å²) in [5.74, 6) is 0.727. The summed E-state index contributed by atoms with van der Waals surface area (Å²) in [5, 5.41) is 12.9. The SMILES string of the molecule is CC(C)(NCc1ccc(Oc2ccccc2)cc1)C(=O)N1CCCN(Cc2ccccc2C(=O)O)CC1. The van der Waals surface area contributed by atoms with E-state index < -0.39 is 11.5 Å². The summed E-state index contributed by atoms with van der Waals surface area (Å²) in [7, 11) is 0. The molecule has 0 spiro atoms. The predicted octanol–water partition coefficient (Wildman–Crippen LogP) is 4.78. The van der Waals surface area contributed by atoms with E-state index in [1.807, 2.05) is 85.5 Å². The number of carboxylic acid groups (broad SMARTS) is 1. The first-order chi connectivity index (χ1) is 17.8. The van der Waals surface area contributed by atoms with Crippen LogP contribution in [0.3, 0.4) is 0 Å². The van der Waals surface area contributed by atoms with Gasteiger partial charge >= 0.3 is 5.97 Å². The molecule has 7 nitrogen and oxygen atoms in total. The molecule has 0 unspecified atom stereocenters. The molecule has 0 bridgehead atoms. The van der Waals surface area contributed by atoms with E-state index in [4.69, 9.17) is 4.74 Å². The Bertz CT molecular complexity index is 1190. The van der Waals surface area contributed by atoms with Crippen molar-refractivity contribution in [1.82, 2.24) is 15.1 Å². The highest BCUT2D eigenvalue weighted by Gasteiger charge is 2.32. The fourth-order valence-corrected chi connectivity index (χ4v) is 4.53. The Morgan fingerprint density at radius 1 is 0.865 bits per heavy atom. The van der Waals surface area contributed by atoms with Gasteiger partial charge in [-0.25, -0.2) is 4.79 Å². The van der Waals surface area contributed by atoms with Crippen molar-refractivity contribution in [3.05, 3.63) is 95.6 Å². The minimum Gasteiger partial charge on any atom is -0.478 e. The third-order valence-corrected chi connectivity index (χ3v) is 6.69. The molecule has 1 amide bonds. The normalized spacial score (nSPS) is 14.7. The molecule has 7 heteroatoms. The molecular formula is C30H35N3O4. The Morgan fingerprint density at radius 2 is 1.54 bits per heavy atom. The number of carbonyl (C=O) groups excluding carboxylic acids is 1. The molecule has 0 aromatic heterocycles. The zero-order chi connectivity index (χ0) is 26.3. The fourth-order valence-electron chi connectivity index (χ4n) is 4.53. The van der Waals surface area contributed by atoms with Gasteiger partial charge < -0.3 is 14.7 Å². The van der Waals surface area contributed by atoms with E-state index in [1.165, 1.54) is 0 Å². The number of rotatable bonds is 9. The Kier molecular flexibility index (Phi) is 8.58. The molecule has 194 valence electrons. The van der Waals surface area contributed by atoms with Crippen LogP contribution in [0.25, 0.3) is 0 Å². The Balaban J connectivity index is 1.29. The van der Waals surface area contributed by atoms with Gasteiger partial charge in [-0.15, -0.1) is 0 Å². The van der Waals surface area contributed by atoms with Gasteiger partial charge in [0.15, 0.2) is 0 Å². The summed E-state index contributed by atoms with van der Waals surface area (Å²) in [6, 6.07) is 24.7. The van der Waals surface area contributed by atoms with Crippen LogP contribution in [0, 0.1) is 0 Å². The molecule has 1 heterocycles. The standard InChI is InChI=1S/C30H35N3O4/c1-30(2,31-21-23-13-15-26(16-14-23)37-25-10-4-3-5-11-25)29(36)33-18-8-17-32(19-20-33)22-24-9-6-7-12-27(24)28(34)35/h3-7,9-16,31H,8,17-22H2,1-2H3,(H,34,35). The Labute approximate surface area is 218 Å². The smallest absolute Gasteiger partial charge is 0.336 e. The van der Waals surface area contributed by atoms with E-state index >= 15 is 0 Å². The molecule has 0 atom stereocenters. The molecule has 1 aliphatic rings. The van der Waals surface area contributed by atoms with Crippen molar-refractivity contribution in [3.63, 3.8) is 0 Å². The predicted molar refractivity (Wildman–Crippen MR) is 144 cm³/mol. The van der Waals surface area contributed by atoms with E-state index in [0.717, 1.165) is 35.6 Å². The van der Waals surface area contributed by atoms with E-state index in [9.17, 15) is 14.7 Å². The number of hydrogen-bond donors (Lipinski definition) is 2. The van der Waals surface area contributed by atoms with Crippen LogP contribution in [0.5, 0.6) is 11.5 Å². The van der Waals surface area contributed by atoms with Crippen LogP contribution in [0.4, 0.5) is 0 Å². The second-order valence-corrected chi connectivity index (χ2v) is 9.92. The molecule has 1 saturated heterocycles. The first kappa shape index (κ1) is 26.4. The maximum Gasteiger partial charge on any atom is 0.336 e. The second kappa shape index (κ2) is 12.0. The molecule has 3 aromatic rings. The van der Waals surface area contributed by atoms with E-state index in [0.29, 0.717) is 38.3 Å². The van der Waals surface area contributed by atoms with Crippen LogP contribution in [0.15, 0.2) is 78.9 Å². The number of nitrogens with one attached hydrogen (secondary N) is 1. The number of hydrogen-bond acceptors (Lipinski definition) is 5. The number of amides is 1. The van der Waals surface area contributed by atoms with Gasteiger partial charge in [0.1, 0.15) is 11.5 Å². The third kappa shape index (κ3) is 7.18. The van der Waals surface area contributed by atoms with Crippen molar-refractivity contribution in [2.24, 2.45) is 0 Å². The van der Waals surface area contributed by atoms with Crippen molar-refractivity contribution in [2.45, 2.75) is 38.9 Å². The van der Waals surface area contributed by atoms with Gasteiger partial charge in [0.05, 0.1) is 11.1 Å². The lowest BCUT2D eigenvalue weighted by molar-refractivity contribution is -0.137. The molecule has 2 N–H and O–H groups in total. The highest BCUT2D eigenvalue weighted by Crippen LogP contribution is 2.22. The molecule has 3 aromatic carbocycles. The monoisotopic (exact) mass is 501 g/mol. The van der Waals surface area contributed by atoms with Gasteiger partial charge in [0, 0.05) is 39.3 Å². The summed E-state index contributed by atoms with van der Waals surface area (Å²) in [6.07, 6.45) is 0.847. The Hall–Kier alpha value is -3.68. The van der Waals surface area contributed by atoms with Gasteiger partial charge in [0.25, 0.3) is 0 Å². The maximum absolute atomic E-state index is 13.4. The second-order valence-electron chi connectivity index (χ2n) is 9.92. The Morgan fingerprint density at radius 3 is 2.27 bits per heavy atom. The lowest BCUT2D eigenvalue weighted by atomic mass is 10.0. The quantitative estimate of drug-likeness (QED) is 0.439. The van der Waals surface area contributed by atoms with Crippen LogP contribution in [-0.2, 0) is 17.9 Å². The number of carboxylic acids is 1. The molecule has 37 heavy (non-hydrogen) atoms. The number of para-hydroxylation sites is 1. The first-order valence-electron chi connectivity index (χ1n) is 12.7. The molecule has 1 fully saturated rings. The zero-order valence-electron chi connectivity index (χ0n) is 21.5. The summed E-state index contributed by atoms with van der Waals surface area (Å²) >= 11 is 0. The van der Waals surface area contributed by atoms with Gasteiger partial charge in [-0.2, -0.15) is 0 Å². The largest absolute Gasteiger partial charge is 0.478 e. The number of ether oxygens (including phenoxy) is 1. The molecule has 1 aliphatic heterocycles. The lowest BCUT2D eigenvalue weighted by Gasteiger charge is -2.32. The third-order valence-electron chi connectivity index (χ3n) is 6.69. The van der Waals surface area contributed by atoms with Gasteiger partial charge in [-0.1, -0.05) is 48.5 Å². The average molecular weight is 502 g/mol. The van der Waals surface area contributed by atoms with E-state index in [1.54, 1.807) is 12.1 Å². The first-order valence-corrected chi connectivity index (χ1v) is 12.7. The number of benzene rings is 3. The van der Waals surface area contributed by atoms with E-state index in [2.05, 4.69) is 10.2 Å². The molecule has 0 radical (unpaired) electrons. The lowest BCUT2D eigenvalue weighted by Crippen LogP contribution is -2.54. The molecule has 4 rings (SSSR count). The molecule has 0 aliphatic carbocycles. The number of aromatic carboxylic acids is 1. The van der Waals surface area contributed by atoms with Crippen molar-refractivity contribution >= 4 is 11.9 Å². The van der Waals surface area contributed by atoms with Crippen molar-refractivity contribution < 1.29 is 19.4 Å². The summed E-state index contributed by atoms with van der Waals surface area (Å²) in [6.45, 7) is 7.81. The summed E-state index contributed by atoms with van der Waals surface area (Å²) < 4.78 is 5.86. The minimum absolute atomic E-state index is 0.0734. The molecular weight excluding hydrogens is 466 g/mol. The van der Waals surface area contributed by atoms with Gasteiger partial charge in [-0.05, 0) is 61.7 Å². The minimum atomic E-state index is -0.909. The molecule has 0 saturated carbocycles. The maximum atomic E-state index is 13.4. The summed E-state index contributed by atoms with van der Waals surface area (Å²) in [5.41, 5.74) is 1.49. The topological polar surface area (TPSA) is 82.1 Å². The summed E-state index contributed by atoms with van der Waals surface area (Å²) in [4.78, 5) is 29.1. The van der Waals surface area contributed by atoms with Crippen molar-refractivity contribution in [1.29, 1.82) is 0 Å². The van der Waals surface area contributed by atoms with Crippen LogP contribution in [0.2, 0.25) is 0 Å². The fraction of sp³-hybridized carbons (Fsp3) is 0.333. The van der Waals surface area contributed by atoms with Crippen LogP contribution >= 0.6 is 0 Å². The van der Waals surface area contributed by atoms with Crippen LogP contribution in [-0.4, -0.2) is 58.5 Å². The highest BCUT2D eigenvalue weighted by molar-refractivity contribution is 5.89. The zero-order valence-corrected chi connectivity index (χ0v) is 21.5.